The molecular formula is C19H16Cl2N4O3S. The first-order valence-corrected chi connectivity index (χ1v) is 10.4. The van der Waals surface area contributed by atoms with Gasteiger partial charge >= 0.3 is 0 Å². The Morgan fingerprint density at radius 1 is 1.24 bits per heavy atom. The number of aliphatic hydroxyl groups is 1. The van der Waals surface area contributed by atoms with Crippen LogP contribution in [0.15, 0.2) is 36.4 Å². The van der Waals surface area contributed by atoms with E-state index in [1.807, 2.05) is 4.90 Å². The summed E-state index contributed by atoms with van der Waals surface area (Å²) < 4.78 is 5.63. The van der Waals surface area contributed by atoms with Gasteiger partial charge in [-0.3, -0.25) is 10.1 Å². The van der Waals surface area contributed by atoms with E-state index in [0.29, 0.717) is 56.8 Å². The molecule has 2 N–H and O–H groups in total. The first-order valence-electron chi connectivity index (χ1n) is 8.78. The highest BCUT2D eigenvalue weighted by Crippen LogP contribution is 2.37. The number of anilines is 2. The lowest BCUT2D eigenvalue weighted by atomic mass is 10.1. The summed E-state index contributed by atoms with van der Waals surface area (Å²) in [7, 11) is 0. The van der Waals surface area contributed by atoms with Gasteiger partial charge in [0.2, 0.25) is 5.13 Å². The molecular weight excluding hydrogens is 435 g/mol. The fraction of sp³-hybridized carbons (Fsp3) is 0.211. The number of amides is 1. The summed E-state index contributed by atoms with van der Waals surface area (Å²) in [5, 5.41) is 21.9. The second-order valence-corrected chi connectivity index (χ2v) is 8.00. The van der Waals surface area contributed by atoms with Crippen molar-refractivity contribution < 1.29 is 14.6 Å². The zero-order valence-electron chi connectivity index (χ0n) is 15.1. The molecule has 0 aliphatic carbocycles. The van der Waals surface area contributed by atoms with E-state index in [4.69, 9.17) is 27.9 Å². The molecule has 0 saturated heterocycles. The smallest absolute Gasteiger partial charge is 0.257 e. The van der Waals surface area contributed by atoms with Crippen molar-refractivity contribution in [2.45, 2.75) is 0 Å². The van der Waals surface area contributed by atoms with Gasteiger partial charge in [0.15, 0.2) is 5.01 Å². The number of fused-ring (bicyclic) bond motifs is 1. The second-order valence-electron chi connectivity index (χ2n) is 6.20. The molecule has 0 spiro atoms. The number of ether oxygens (including phenoxy) is 1. The number of hydrogen-bond acceptors (Lipinski definition) is 7. The number of carbonyl (C=O) groups excluding carboxylic acids is 1. The molecule has 7 nitrogen and oxygen atoms in total. The van der Waals surface area contributed by atoms with Crippen LogP contribution in [0.5, 0.6) is 5.75 Å². The number of rotatable bonds is 5. The Hall–Kier alpha value is -2.39. The Kier molecular flexibility index (Phi) is 5.86. The number of nitrogens with one attached hydrogen (secondary N) is 1. The molecule has 150 valence electrons. The standard InChI is InChI=1S/C19H16Cl2N4O3S/c20-12-2-1-3-13(21)16(12)18-23-24-19(29-18)22-17(27)11-4-5-15-14(10-11)25(6-8-26)7-9-28-15/h1-5,10,26H,6-9H2,(H,22,24,27). The third kappa shape index (κ3) is 4.16. The molecule has 2 aromatic carbocycles. The predicted molar refractivity (Wildman–Crippen MR) is 115 cm³/mol. The topological polar surface area (TPSA) is 87.6 Å². The molecule has 1 amide bonds. The molecule has 4 rings (SSSR count). The molecule has 10 heteroatoms. The normalized spacial score (nSPS) is 13.0. The van der Waals surface area contributed by atoms with Crippen molar-refractivity contribution in [2.24, 2.45) is 0 Å². The summed E-state index contributed by atoms with van der Waals surface area (Å²) >= 11 is 13.6. The molecule has 1 aliphatic heterocycles. The molecule has 1 aliphatic rings. The van der Waals surface area contributed by atoms with E-state index in [1.54, 1.807) is 36.4 Å². The molecule has 0 unspecified atom stereocenters. The average molecular weight is 451 g/mol. The van der Waals surface area contributed by atoms with Crippen molar-refractivity contribution in [3.8, 4) is 16.3 Å². The Bertz CT molecular complexity index is 1040. The summed E-state index contributed by atoms with van der Waals surface area (Å²) in [5.41, 5.74) is 1.81. The number of carbonyl (C=O) groups is 1. The van der Waals surface area contributed by atoms with E-state index in [0.717, 1.165) is 5.69 Å². The Morgan fingerprint density at radius 3 is 2.79 bits per heavy atom. The number of β-amino-alcohol motifs (C(OH)–C–C–N with tert-alkyl or cyclic N) is 1. The number of aliphatic hydroxyl groups excluding tert-OH is 1. The molecule has 0 radical (unpaired) electrons. The monoisotopic (exact) mass is 450 g/mol. The SMILES string of the molecule is O=C(Nc1nnc(-c2c(Cl)cccc2Cl)s1)c1ccc2c(c1)N(CCO)CCO2. The quantitative estimate of drug-likeness (QED) is 0.611. The van der Waals surface area contributed by atoms with Crippen LogP contribution in [0.25, 0.3) is 10.6 Å². The maximum absolute atomic E-state index is 12.7. The fourth-order valence-electron chi connectivity index (χ4n) is 3.01. The maximum Gasteiger partial charge on any atom is 0.257 e. The van der Waals surface area contributed by atoms with Crippen LogP contribution < -0.4 is 15.0 Å². The van der Waals surface area contributed by atoms with Crippen LogP contribution in [-0.2, 0) is 0 Å². The Morgan fingerprint density at radius 2 is 2.03 bits per heavy atom. The van der Waals surface area contributed by atoms with Gasteiger partial charge in [-0.2, -0.15) is 0 Å². The van der Waals surface area contributed by atoms with E-state index >= 15 is 0 Å². The number of aromatic nitrogens is 2. The molecule has 0 atom stereocenters. The van der Waals surface area contributed by atoms with E-state index in [1.165, 1.54) is 11.3 Å². The van der Waals surface area contributed by atoms with Crippen LogP contribution in [0.2, 0.25) is 10.0 Å². The molecule has 3 aromatic rings. The fourth-order valence-corrected chi connectivity index (χ4v) is 4.51. The predicted octanol–water partition coefficient (Wildman–Crippen LogP) is 3.96. The first kappa shape index (κ1) is 19.9. The third-order valence-corrected chi connectivity index (χ3v) is 5.86. The maximum atomic E-state index is 12.7. The number of benzene rings is 2. The zero-order valence-corrected chi connectivity index (χ0v) is 17.4. The summed E-state index contributed by atoms with van der Waals surface area (Å²) in [6.45, 7) is 1.68. The lowest BCUT2D eigenvalue weighted by molar-refractivity contribution is 0.102. The van der Waals surface area contributed by atoms with E-state index in [9.17, 15) is 9.90 Å². The highest BCUT2D eigenvalue weighted by Gasteiger charge is 2.21. The van der Waals surface area contributed by atoms with Gasteiger partial charge in [0.25, 0.3) is 5.91 Å². The first-order chi connectivity index (χ1) is 14.1. The van der Waals surface area contributed by atoms with E-state index in [2.05, 4.69) is 15.5 Å². The number of nitrogens with zero attached hydrogens (tertiary/aromatic N) is 3. The number of hydrogen-bond donors (Lipinski definition) is 2. The lowest BCUT2D eigenvalue weighted by Crippen LogP contribution is -2.35. The summed E-state index contributed by atoms with van der Waals surface area (Å²) in [5.74, 6) is 0.364. The van der Waals surface area contributed by atoms with Gasteiger partial charge in [-0.15, -0.1) is 10.2 Å². The lowest BCUT2D eigenvalue weighted by Gasteiger charge is -2.31. The molecule has 1 aromatic heterocycles. The van der Waals surface area contributed by atoms with Crippen LogP contribution in [-0.4, -0.2) is 47.5 Å². The highest BCUT2D eigenvalue weighted by molar-refractivity contribution is 7.18. The van der Waals surface area contributed by atoms with E-state index < -0.39 is 0 Å². The summed E-state index contributed by atoms with van der Waals surface area (Å²) in [6, 6.07) is 10.4. The Labute approximate surface area is 180 Å². The minimum atomic E-state index is -0.324. The summed E-state index contributed by atoms with van der Waals surface area (Å²) in [6.07, 6.45) is 0. The minimum absolute atomic E-state index is 0.0219. The van der Waals surface area contributed by atoms with Crippen LogP contribution in [0.4, 0.5) is 10.8 Å². The van der Waals surface area contributed by atoms with Crippen LogP contribution in [0.1, 0.15) is 10.4 Å². The van der Waals surface area contributed by atoms with Crippen LogP contribution >= 0.6 is 34.5 Å². The third-order valence-electron chi connectivity index (χ3n) is 4.37. The summed E-state index contributed by atoms with van der Waals surface area (Å²) in [4.78, 5) is 14.7. The molecule has 29 heavy (non-hydrogen) atoms. The minimum Gasteiger partial charge on any atom is -0.490 e. The average Bonchev–Trinajstić information content (AvgIpc) is 3.16. The molecule has 0 fully saturated rings. The van der Waals surface area contributed by atoms with Gasteiger partial charge in [0, 0.05) is 17.7 Å². The number of halogens is 2. The highest BCUT2D eigenvalue weighted by atomic mass is 35.5. The van der Waals surface area contributed by atoms with Crippen molar-refractivity contribution in [2.75, 3.05) is 36.5 Å². The largest absolute Gasteiger partial charge is 0.490 e. The van der Waals surface area contributed by atoms with Gasteiger partial charge in [0.05, 0.1) is 28.9 Å². The molecule has 2 heterocycles. The van der Waals surface area contributed by atoms with Gasteiger partial charge in [-0.05, 0) is 30.3 Å². The van der Waals surface area contributed by atoms with Gasteiger partial charge in [0.1, 0.15) is 12.4 Å². The van der Waals surface area contributed by atoms with Crippen LogP contribution in [0, 0.1) is 0 Å². The van der Waals surface area contributed by atoms with Crippen LogP contribution in [0.3, 0.4) is 0 Å². The molecule has 0 bridgehead atoms. The second kappa shape index (κ2) is 8.54. The van der Waals surface area contributed by atoms with E-state index in [-0.39, 0.29) is 12.5 Å². The van der Waals surface area contributed by atoms with Crippen molar-refractivity contribution in [1.82, 2.24) is 10.2 Å². The van der Waals surface area contributed by atoms with Gasteiger partial charge in [-0.25, -0.2) is 0 Å². The van der Waals surface area contributed by atoms with Crippen molar-refractivity contribution in [3.63, 3.8) is 0 Å². The zero-order chi connectivity index (χ0) is 20.4. The Balaban J connectivity index is 1.55. The van der Waals surface area contributed by atoms with Crippen molar-refractivity contribution >= 4 is 51.3 Å². The van der Waals surface area contributed by atoms with Crippen molar-refractivity contribution in [3.05, 3.63) is 52.0 Å². The van der Waals surface area contributed by atoms with Crippen molar-refractivity contribution in [1.29, 1.82) is 0 Å². The van der Waals surface area contributed by atoms with Gasteiger partial charge < -0.3 is 14.7 Å². The van der Waals surface area contributed by atoms with Gasteiger partial charge in [-0.1, -0.05) is 40.6 Å². The molecule has 0 saturated carbocycles.